The Bertz CT molecular complexity index is 1810. The molecule has 6 fully saturated rings. The molecule has 0 aliphatic heterocycles. The minimum Gasteiger partial charge on any atom is -0.462 e. The summed E-state index contributed by atoms with van der Waals surface area (Å²) < 4.78 is 29.7. The number of hydrogen-bond donors (Lipinski definition) is 3. The van der Waals surface area contributed by atoms with Crippen molar-refractivity contribution in [1.82, 2.24) is 0 Å². The van der Waals surface area contributed by atoms with Gasteiger partial charge in [0.05, 0.1) is 19.3 Å². The van der Waals surface area contributed by atoms with Crippen LogP contribution in [0.3, 0.4) is 0 Å². The third-order valence-electron chi connectivity index (χ3n) is 18.8. The van der Waals surface area contributed by atoms with Gasteiger partial charge in [-0.15, -0.1) is 0 Å². The van der Waals surface area contributed by atoms with Crippen LogP contribution in [0.15, 0.2) is 35.5 Å². The van der Waals surface area contributed by atoms with Crippen molar-refractivity contribution < 1.29 is 48.4 Å². The third kappa shape index (κ3) is 5.94. The van der Waals surface area contributed by atoms with E-state index in [1.54, 1.807) is 13.0 Å². The Hall–Kier alpha value is -2.53. The number of fused-ring (bicyclic) bond motifs is 10. The Labute approximate surface area is 343 Å². The van der Waals surface area contributed by atoms with Crippen molar-refractivity contribution in [3.8, 4) is 0 Å². The number of aliphatic hydroxyl groups is 3. The van der Waals surface area contributed by atoms with Crippen LogP contribution in [0.5, 0.6) is 0 Å². The number of allylic oxidation sites excluding steroid dienone is 5. The topological polar surface area (TPSA) is 147 Å². The highest BCUT2D eigenvalue weighted by Crippen LogP contribution is 2.71. The van der Waals surface area contributed by atoms with Gasteiger partial charge >= 0.3 is 5.97 Å². The molecule has 0 spiro atoms. The molecular formula is C48H67FO9. The summed E-state index contributed by atoms with van der Waals surface area (Å²) >= 11 is 0. The molecule has 17 atom stereocenters. The van der Waals surface area contributed by atoms with E-state index in [0.29, 0.717) is 54.9 Å². The van der Waals surface area contributed by atoms with Gasteiger partial charge in [0.15, 0.2) is 17.2 Å². The number of ether oxygens (including phenoxy) is 2. The zero-order valence-corrected chi connectivity index (χ0v) is 35.5. The summed E-state index contributed by atoms with van der Waals surface area (Å²) in [6.07, 6.45) is 12.4. The van der Waals surface area contributed by atoms with Gasteiger partial charge in [-0.2, -0.15) is 0 Å². The second-order valence-corrected chi connectivity index (χ2v) is 21.3. The van der Waals surface area contributed by atoms with Gasteiger partial charge in [-0.1, -0.05) is 51.8 Å². The molecule has 7 unspecified atom stereocenters. The van der Waals surface area contributed by atoms with Gasteiger partial charge in [-0.05, 0) is 137 Å². The second-order valence-electron chi connectivity index (χ2n) is 21.3. The van der Waals surface area contributed by atoms with Gasteiger partial charge in [0.1, 0.15) is 24.1 Å². The van der Waals surface area contributed by atoms with Crippen LogP contribution in [0, 0.1) is 69.0 Å². The number of rotatable bonds is 10. The lowest BCUT2D eigenvalue weighted by Crippen LogP contribution is -2.70. The van der Waals surface area contributed by atoms with Crippen molar-refractivity contribution in [3.05, 3.63) is 35.5 Å². The first-order valence-corrected chi connectivity index (χ1v) is 22.5. The van der Waals surface area contributed by atoms with Crippen molar-refractivity contribution in [1.29, 1.82) is 0 Å². The highest BCUT2D eigenvalue weighted by Gasteiger charge is 2.75. The lowest BCUT2D eigenvalue weighted by atomic mass is 9.44. The first-order valence-electron chi connectivity index (χ1n) is 22.5. The van der Waals surface area contributed by atoms with Crippen LogP contribution in [0.25, 0.3) is 0 Å². The zero-order chi connectivity index (χ0) is 41.8. The van der Waals surface area contributed by atoms with E-state index in [1.165, 1.54) is 17.7 Å². The summed E-state index contributed by atoms with van der Waals surface area (Å²) in [4.78, 5) is 50.1. The van der Waals surface area contributed by atoms with Crippen molar-refractivity contribution in [2.45, 2.75) is 155 Å². The molecule has 3 N–H and O–H groups in total. The zero-order valence-electron chi connectivity index (χ0n) is 35.5. The maximum absolute atomic E-state index is 17.6. The van der Waals surface area contributed by atoms with E-state index in [0.717, 1.165) is 44.8 Å². The molecule has 8 aliphatic carbocycles. The van der Waals surface area contributed by atoms with Crippen LogP contribution < -0.4 is 0 Å². The van der Waals surface area contributed by atoms with E-state index in [2.05, 4.69) is 20.8 Å². The van der Waals surface area contributed by atoms with Gasteiger partial charge in [0.2, 0.25) is 0 Å². The first kappa shape index (κ1) is 42.2. The SMILES string of the molecule is C[C@@H]1CC2=CC(=O)CC[C@]2(C)C2CC[C@@]3(C)C(CC[C@@H]3OC(=O)CCC(C=O)COCC(O)[C@@]3(O)[C@@H](C)CC4C5CCC6=CC(=O)C=C[C@]6(C)[C@@]5(F)[C@@H](O)C[C@@]43C)C21. The molecule has 0 aromatic heterocycles. The maximum atomic E-state index is 17.6. The third-order valence-corrected chi connectivity index (χ3v) is 18.8. The van der Waals surface area contributed by atoms with E-state index < -0.39 is 52.1 Å². The van der Waals surface area contributed by atoms with Crippen molar-refractivity contribution in [2.75, 3.05) is 13.2 Å². The first-order chi connectivity index (χ1) is 27.3. The number of aldehydes is 1. The summed E-state index contributed by atoms with van der Waals surface area (Å²) in [6, 6.07) is 0. The molecule has 8 aliphatic rings. The standard InChI is InChI=1S/C48H67FO9/c1-27-19-31-22-32(51)13-16-43(31,3)36-15-17-44(4)35(42(27)36)10-11-40(44)58-41(55)12-7-29(24-50)25-57-26-39(54)48(56)28(2)20-37-34-9-8-30-21-33(52)14-18-45(30,5)47(34,49)38(53)23-46(37,48)6/h14,18,21-22,24,27-29,34-40,42,53-54,56H,7-13,15-17,19-20,23,25-26H2,1-6H3/t27-,28+,29?,34?,35?,36?,37?,38+,39?,40+,42?,43+,44+,45+,46+,47+,48+/m1/s1. The van der Waals surface area contributed by atoms with Crippen LogP contribution in [0.4, 0.5) is 4.39 Å². The molecule has 0 saturated heterocycles. The summed E-state index contributed by atoms with van der Waals surface area (Å²) in [5.74, 6) is -0.185. The number of carbonyl (C=O) groups excluding carboxylic acids is 4. The number of carbonyl (C=O) groups is 4. The Kier molecular flexibility index (Phi) is 10.6. The fraction of sp³-hybridized carbons (Fsp3) is 0.792. The number of hydrogen-bond acceptors (Lipinski definition) is 9. The van der Waals surface area contributed by atoms with Crippen LogP contribution in [0.2, 0.25) is 0 Å². The van der Waals surface area contributed by atoms with Crippen molar-refractivity contribution >= 4 is 23.8 Å². The van der Waals surface area contributed by atoms with E-state index >= 15 is 4.39 Å². The quantitative estimate of drug-likeness (QED) is 0.157. The van der Waals surface area contributed by atoms with E-state index in [-0.39, 0.29) is 72.9 Å². The predicted octanol–water partition coefficient (Wildman–Crippen LogP) is 7.00. The molecule has 0 radical (unpaired) electrons. The molecule has 320 valence electrons. The molecule has 6 saturated carbocycles. The smallest absolute Gasteiger partial charge is 0.306 e. The van der Waals surface area contributed by atoms with Crippen LogP contribution >= 0.6 is 0 Å². The van der Waals surface area contributed by atoms with Gasteiger partial charge in [0.25, 0.3) is 0 Å². The molecule has 8 rings (SSSR count). The molecule has 0 amide bonds. The normalized spacial score (nSPS) is 48.9. The van der Waals surface area contributed by atoms with E-state index in [1.807, 2.05) is 19.9 Å². The second kappa shape index (κ2) is 14.5. The molecular weight excluding hydrogens is 740 g/mol. The molecule has 58 heavy (non-hydrogen) atoms. The number of esters is 1. The van der Waals surface area contributed by atoms with Crippen LogP contribution in [-0.4, -0.2) is 81.9 Å². The maximum Gasteiger partial charge on any atom is 0.306 e. The monoisotopic (exact) mass is 806 g/mol. The predicted molar refractivity (Wildman–Crippen MR) is 215 cm³/mol. The number of aliphatic hydroxyl groups excluding tert-OH is 2. The molecule has 0 heterocycles. The van der Waals surface area contributed by atoms with Gasteiger partial charge < -0.3 is 29.6 Å². The lowest BCUT2D eigenvalue weighted by Gasteiger charge is -2.63. The summed E-state index contributed by atoms with van der Waals surface area (Å²) in [7, 11) is 0. The Morgan fingerprint density at radius 2 is 1.72 bits per heavy atom. The number of ketones is 2. The van der Waals surface area contributed by atoms with E-state index in [4.69, 9.17) is 9.47 Å². The molecule has 0 aromatic rings. The molecule has 0 bridgehead atoms. The largest absolute Gasteiger partial charge is 0.462 e. The Morgan fingerprint density at radius 1 is 0.966 bits per heavy atom. The van der Waals surface area contributed by atoms with Crippen molar-refractivity contribution in [3.63, 3.8) is 0 Å². The van der Waals surface area contributed by atoms with Crippen LogP contribution in [0.1, 0.15) is 125 Å². The fourth-order valence-electron chi connectivity index (χ4n) is 15.5. The lowest BCUT2D eigenvalue weighted by molar-refractivity contribution is -0.244. The fourth-order valence-corrected chi connectivity index (χ4v) is 15.5. The summed E-state index contributed by atoms with van der Waals surface area (Å²) in [6.45, 7) is 12.2. The average molecular weight is 807 g/mol. The van der Waals surface area contributed by atoms with Gasteiger partial charge in [-0.3, -0.25) is 14.4 Å². The number of alkyl halides is 1. The van der Waals surface area contributed by atoms with Gasteiger partial charge in [0, 0.05) is 40.9 Å². The minimum absolute atomic E-state index is 0.0409. The van der Waals surface area contributed by atoms with Crippen LogP contribution in [-0.2, 0) is 28.7 Å². The van der Waals surface area contributed by atoms with Crippen molar-refractivity contribution in [2.24, 2.45) is 69.0 Å². The Balaban J connectivity index is 0.855. The number of halogens is 1. The highest BCUT2D eigenvalue weighted by atomic mass is 19.1. The molecule has 0 aromatic carbocycles. The Morgan fingerprint density at radius 3 is 2.47 bits per heavy atom. The minimum atomic E-state index is -2.03. The average Bonchev–Trinajstić information content (AvgIpc) is 3.60. The van der Waals surface area contributed by atoms with Gasteiger partial charge in [-0.25, -0.2) is 4.39 Å². The molecule has 9 nitrogen and oxygen atoms in total. The summed E-state index contributed by atoms with van der Waals surface area (Å²) in [5, 5.41) is 35.7. The van der Waals surface area contributed by atoms with E-state index in [9.17, 15) is 34.5 Å². The molecule has 10 heteroatoms. The highest BCUT2D eigenvalue weighted by molar-refractivity contribution is 6.01. The summed E-state index contributed by atoms with van der Waals surface area (Å²) in [5.41, 5.74) is -3.88.